The predicted octanol–water partition coefficient (Wildman–Crippen LogP) is 1.52. The second-order valence-corrected chi connectivity index (χ2v) is 12.6. The molecule has 2 saturated heterocycles. The fourth-order valence-corrected chi connectivity index (χ4v) is 7.04. The molecule has 15 nitrogen and oxygen atoms in total. The van der Waals surface area contributed by atoms with Crippen LogP contribution in [0.15, 0.2) is 48.5 Å². The topological polar surface area (TPSA) is 201 Å². The van der Waals surface area contributed by atoms with Gasteiger partial charge in [0.1, 0.15) is 30.0 Å². The molecule has 0 bridgehead atoms. The van der Waals surface area contributed by atoms with Crippen LogP contribution in [0.4, 0.5) is 9.59 Å². The molecule has 16 heteroatoms. The molecule has 3 heterocycles. The Morgan fingerprint density at radius 2 is 1.80 bits per heavy atom. The van der Waals surface area contributed by atoms with Crippen molar-refractivity contribution in [1.29, 1.82) is 0 Å². The number of ether oxygens (including phenoxy) is 3. The summed E-state index contributed by atoms with van der Waals surface area (Å²) >= 11 is 1.26. The maximum Gasteiger partial charge on any atom is 0.513 e. The van der Waals surface area contributed by atoms with E-state index in [1.165, 1.54) is 34.9 Å². The normalized spacial score (nSPS) is 23.5. The largest absolute Gasteiger partial charge is 0.513 e. The second kappa shape index (κ2) is 12.3. The van der Waals surface area contributed by atoms with Crippen molar-refractivity contribution >= 4 is 47.7 Å². The molecule has 0 aliphatic carbocycles. The van der Waals surface area contributed by atoms with Crippen molar-refractivity contribution in [2.45, 2.75) is 55.2 Å². The van der Waals surface area contributed by atoms with Gasteiger partial charge in [0.15, 0.2) is 17.7 Å². The Balaban J connectivity index is 1.30. The molecular formula is C29H30N4O11S. The number of aliphatic carboxylic acids is 1. The molecule has 4 amide bonds. The van der Waals surface area contributed by atoms with E-state index in [0.29, 0.717) is 10.5 Å². The molecule has 0 radical (unpaired) electrons. The number of thioether (sulfide) groups is 1. The number of rotatable bonds is 9. The van der Waals surface area contributed by atoms with E-state index in [1.54, 1.807) is 51.1 Å². The number of fused-ring (bicyclic) bond motifs is 2. The van der Waals surface area contributed by atoms with Gasteiger partial charge in [-0.05, 0) is 32.4 Å². The molecule has 5 rings (SSSR count). The van der Waals surface area contributed by atoms with Gasteiger partial charge in [-0.15, -0.1) is 11.8 Å². The molecule has 0 saturated carbocycles. The summed E-state index contributed by atoms with van der Waals surface area (Å²) in [7, 11) is 0. The van der Waals surface area contributed by atoms with Gasteiger partial charge in [-0.25, -0.2) is 14.4 Å². The van der Waals surface area contributed by atoms with Crippen LogP contribution in [0.25, 0.3) is 0 Å². The Bertz CT molecular complexity index is 1550. The van der Waals surface area contributed by atoms with E-state index >= 15 is 0 Å². The van der Waals surface area contributed by atoms with Crippen LogP contribution in [-0.4, -0.2) is 91.3 Å². The predicted molar refractivity (Wildman–Crippen MR) is 155 cm³/mol. The Morgan fingerprint density at radius 3 is 2.47 bits per heavy atom. The third-order valence-corrected chi connectivity index (χ3v) is 9.02. The zero-order chi connectivity index (χ0) is 32.6. The summed E-state index contributed by atoms with van der Waals surface area (Å²) in [6.07, 6.45) is -3.85. The van der Waals surface area contributed by atoms with E-state index in [9.17, 15) is 39.0 Å². The average Bonchev–Trinajstić information content (AvgIpc) is 3.25. The van der Waals surface area contributed by atoms with Gasteiger partial charge < -0.3 is 40.0 Å². The highest BCUT2D eigenvalue weighted by Crippen LogP contribution is 2.51. The lowest BCUT2D eigenvalue weighted by atomic mass is 9.95. The van der Waals surface area contributed by atoms with E-state index in [2.05, 4.69) is 10.6 Å². The van der Waals surface area contributed by atoms with Crippen LogP contribution in [0.1, 0.15) is 44.2 Å². The number of nitrogens with one attached hydrogen (secondary N) is 2. The number of hydrogen-bond donors (Lipinski definition) is 4. The van der Waals surface area contributed by atoms with Gasteiger partial charge in [0, 0.05) is 10.3 Å². The molecule has 4 N–H and O–H groups in total. The number of carbonyl (C=O) groups is 6. The van der Waals surface area contributed by atoms with E-state index in [0.717, 1.165) is 0 Å². The number of carbonyl (C=O) groups excluding carboxylic acids is 5. The van der Waals surface area contributed by atoms with Crippen LogP contribution in [0.3, 0.4) is 0 Å². The van der Waals surface area contributed by atoms with Crippen molar-refractivity contribution < 1.29 is 53.2 Å². The molecule has 3 unspecified atom stereocenters. The first-order valence-electron chi connectivity index (χ1n) is 13.9. The average molecular weight is 643 g/mol. The van der Waals surface area contributed by atoms with Gasteiger partial charge in [-0.3, -0.25) is 19.3 Å². The van der Waals surface area contributed by atoms with Gasteiger partial charge in [0.05, 0.1) is 6.61 Å². The van der Waals surface area contributed by atoms with Gasteiger partial charge in [-0.1, -0.05) is 42.5 Å². The van der Waals surface area contributed by atoms with Crippen molar-refractivity contribution in [3.8, 4) is 11.5 Å². The number of benzene rings is 2. The standard InChI is InChI=1S/C29H30N4O11S/c1-4-42-28(41)43-16-12-8-11-15-20(16)44-27(40)32(23(15)36)13-17(34)30-18(14-9-6-5-7-10-14)22(35)31-19-24(37)33-21(26(38)39)29(2,3)45-25(19)33/h5-12,18-19,21,23,25,36H,4,13H2,1-3H3,(H,30,34)(H,31,35)(H,38,39)/t18-,19-,21?,23?,25?/m1/s1. The SMILES string of the molecule is CCOC(=O)Oc1cccc2c1OC(=O)N(CC(=O)N[C@@H](C(=O)N[C@@H]1C(=O)N3C1SC(C)(C)C3C(=O)O)c1ccccc1)C2O. The summed E-state index contributed by atoms with van der Waals surface area (Å²) in [6.45, 7) is 4.30. The third kappa shape index (κ3) is 5.98. The van der Waals surface area contributed by atoms with Gasteiger partial charge in [0.2, 0.25) is 17.7 Å². The number of amides is 4. The summed E-state index contributed by atoms with van der Waals surface area (Å²) < 4.78 is 14.3. The maximum absolute atomic E-state index is 13.5. The Hall–Kier alpha value is -4.83. The van der Waals surface area contributed by atoms with E-state index in [4.69, 9.17) is 14.2 Å². The quantitative estimate of drug-likeness (QED) is 0.175. The summed E-state index contributed by atoms with van der Waals surface area (Å²) in [5.74, 6) is -3.68. The molecule has 0 aromatic heterocycles. The Morgan fingerprint density at radius 1 is 1.09 bits per heavy atom. The fourth-order valence-electron chi connectivity index (χ4n) is 5.42. The molecule has 5 atom stereocenters. The van der Waals surface area contributed by atoms with Gasteiger partial charge >= 0.3 is 18.2 Å². The van der Waals surface area contributed by atoms with E-state index < -0.39 is 77.0 Å². The Kier molecular flexibility index (Phi) is 8.62. The van der Waals surface area contributed by atoms with Gasteiger partial charge in [0.25, 0.3) is 0 Å². The van der Waals surface area contributed by atoms with Crippen molar-refractivity contribution in [2.24, 2.45) is 0 Å². The molecule has 3 aliphatic rings. The van der Waals surface area contributed by atoms with Crippen LogP contribution in [0, 0.1) is 0 Å². The number of carboxylic acid groups (broad SMARTS) is 1. The summed E-state index contributed by atoms with van der Waals surface area (Å²) in [5, 5.41) is 25.2. The zero-order valence-corrected chi connectivity index (χ0v) is 25.1. The molecular weight excluding hydrogens is 612 g/mol. The van der Waals surface area contributed by atoms with Crippen molar-refractivity contribution in [2.75, 3.05) is 13.2 Å². The lowest BCUT2D eigenvalue weighted by Gasteiger charge is -2.44. The first-order chi connectivity index (χ1) is 21.3. The molecule has 2 aromatic carbocycles. The minimum atomic E-state index is -1.68. The molecule has 2 aromatic rings. The van der Waals surface area contributed by atoms with Crippen LogP contribution < -0.4 is 20.1 Å². The molecule has 3 aliphatic heterocycles. The Labute approximate surface area is 260 Å². The maximum atomic E-state index is 13.5. The minimum Gasteiger partial charge on any atom is -0.480 e. The number of nitrogens with zero attached hydrogens (tertiary/aromatic N) is 2. The zero-order valence-electron chi connectivity index (χ0n) is 24.3. The summed E-state index contributed by atoms with van der Waals surface area (Å²) in [4.78, 5) is 78.1. The van der Waals surface area contributed by atoms with Crippen LogP contribution in [0.5, 0.6) is 11.5 Å². The van der Waals surface area contributed by atoms with Crippen molar-refractivity contribution in [3.63, 3.8) is 0 Å². The second-order valence-electron chi connectivity index (χ2n) is 10.8. The van der Waals surface area contributed by atoms with Crippen molar-refractivity contribution in [1.82, 2.24) is 20.4 Å². The minimum absolute atomic E-state index is 0.0336. The van der Waals surface area contributed by atoms with Crippen molar-refractivity contribution in [3.05, 3.63) is 59.7 Å². The number of aliphatic hydroxyl groups is 1. The van der Waals surface area contributed by atoms with Crippen LogP contribution in [0.2, 0.25) is 0 Å². The van der Waals surface area contributed by atoms with Crippen LogP contribution in [-0.2, 0) is 23.9 Å². The first kappa shape index (κ1) is 31.6. The summed E-state index contributed by atoms with van der Waals surface area (Å²) in [6, 6.07) is 8.94. The number of aliphatic hydroxyl groups excluding tert-OH is 1. The number of para-hydroxylation sites is 1. The molecule has 2 fully saturated rings. The number of β-lactam (4-membered cyclic amide) rings is 1. The van der Waals surface area contributed by atoms with E-state index in [-0.39, 0.29) is 23.7 Å². The summed E-state index contributed by atoms with van der Waals surface area (Å²) in [5.41, 5.74) is 0.397. The fraction of sp³-hybridized carbons (Fsp3) is 0.379. The number of hydrogen-bond acceptors (Lipinski definition) is 11. The first-order valence-corrected chi connectivity index (χ1v) is 14.7. The highest BCUT2D eigenvalue weighted by atomic mass is 32.2. The highest BCUT2D eigenvalue weighted by molar-refractivity contribution is 8.01. The molecule has 45 heavy (non-hydrogen) atoms. The monoisotopic (exact) mass is 642 g/mol. The van der Waals surface area contributed by atoms with Gasteiger partial charge in [-0.2, -0.15) is 0 Å². The highest BCUT2D eigenvalue weighted by Gasteiger charge is 2.64. The third-order valence-electron chi connectivity index (χ3n) is 7.45. The lowest BCUT2D eigenvalue weighted by molar-refractivity contribution is -0.161. The smallest absolute Gasteiger partial charge is 0.480 e. The van der Waals surface area contributed by atoms with E-state index in [1.807, 2.05) is 0 Å². The lowest BCUT2D eigenvalue weighted by Crippen LogP contribution is -2.71. The molecule has 0 spiro atoms. The van der Waals surface area contributed by atoms with Crippen LogP contribution >= 0.6 is 11.8 Å². The number of carboxylic acids is 1. The molecule has 238 valence electrons.